The second-order valence-corrected chi connectivity index (χ2v) is 6.86. The number of aliphatic hydroxyl groups excluding tert-OH is 1. The third-order valence-corrected chi connectivity index (χ3v) is 5.02. The van der Waals surface area contributed by atoms with E-state index in [4.69, 9.17) is 0 Å². The van der Waals surface area contributed by atoms with Crippen LogP contribution in [0.15, 0.2) is 84.4 Å². The number of aliphatic hydroxyl groups is 1. The summed E-state index contributed by atoms with van der Waals surface area (Å²) in [6.07, 6.45) is 0. The molecule has 0 aromatic heterocycles. The first-order valence-corrected chi connectivity index (χ1v) is 9.25. The summed E-state index contributed by atoms with van der Waals surface area (Å²) in [6, 6.07) is 17.6. The number of nitrogens with zero attached hydrogens (tertiary/aromatic N) is 2. The van der Waals surface area contributed by atoms with Crippen LogP contribution in [0.2, 0.25) is 0 Å². The van der Waals surface area contributed by atoms with Crippen molar-refractivity contribution in [3.63, 3.8) is 0 Å². The molecule has 4 rings (SSSR count). The van der Waals surface area contributed by atoms with Gasteiger partial charge in [0.05, 0.1) is 16.5 Å². The van der Waals surface area contributed by atoms with Gasteiger partial charge < -0.3 is 5.11 Å². The fraction of sp³-hybridized carbons (Fsp3) is 0.0435. The van der Waals surface area contributed by atoms with E-state index >= 15 is 0 Å². The van der Waals surface area contributed by atoms with E-state index in [2.05, 4.69) is 0 Å². The first-order valence-electron chi connectivity index (χ1n) is 9.25. The average molecular weight is 418 g/mol. The Hall–Kier alpha value is -4.33. The number of halogens is 1. The molecule has 0 aliphatic carbocycles. The molecule has 1 unspecified atom stereocenters. The van der Waals surface area contributed by atoms with Crippen molar-refractivity contribution in [2.75, 3.05) is 4.90 Å². The number of nitro groups is 1. The molecule has 8 heteroatoms. The van der Waals surface area contributed by atoms with Crippen LogP contribution in [0.4, 0.5) is 15.8 Å². The van der Waals surface area contributed by atoms with E-state index in [1.165, 1.54) is 36.4 Å². The minimum atomic E-state index is -1.05. The monoisotopic (exact) mass is 418 g/mol. The fourth-order valence-corrected chi connectivity index (χ4v) is 3.55. The number of nitro benzene ring substituents is 1. The second kappa shape index (κ2) is 7.83. The molecule has 3 aromatic rings. The lowest BCUT2D eigenvalue weighted by atomic mass is 9.95. The Morgan fingerprint density at radius 2 is 1.55 bits per heavy atom. The highest BCUT2D eigenvalue weighted by molar-refractivity contribution is 6.51. The van der Waals surface area contributed by atoms with Gasteiger partial charge in [-0.15, -0.1) is 0 Å². The maximum atomic E-state index is 13.4. The molecule has 31 heavy (non-hydrogen) atoms. The quantitative estimate of drug-likeness (QED) is 0.223. The number of amides is 1. The van der Waals surface area contributed by atoms with Crippen molar-refractivity contribution in [3.8, 4) is 0 Å². The maximum absolute atomic E-state index is 13.4. The predicted molar refractivity (Wildman–Crippen MR) is 111 cm³/mol. The number of benzene rings is 3. The van der Waals surface area contributed by atoms with Crippen LogP contribution in [0.5, 0.6) is 0 Å². The van der Waals surface area contributed by atoms with Crippen LogP contribution in [0, 0.1) is 15.9 Å². The number of rotatable bonds is 4. The molecule has 1 fully saturated rings. The van der Waals surface area contributed by atoms with E-state index in [1.807, 2.05) is 0 Å². The standard InChI is InChI=1S/C23H15FN2O5/c24-16-8-12-17(13-9-16)25-20(14-6-10-18(11-7-14)26(30)31)19(22(28)23(25)29)21(27)15-4-2-1-3-5-15/h1-13,20,27H/b21-19-. The van der Waals surface area contributed by atoms with Crippen LogP contribution in [0.3, 0.4) is 0 Å². The lowest BCUT2D eigenvalue weighted by Gasteiger charge is -2.25. The van der Waals surface area contributed by atoms with Crippen LogP contribution in [-0.4, -0.2) is 21.7 Å². The molecule has 7 nitrogen and oxygen atoms in total. The number of carbonyl (C=O) groups excluding carboxylic acids is 2. The van der Waals surface area contributed by atoms with Gasteiger partial charge in [0.15, 0.2) is 0 Å². The van der Waals surface area contributed by atoms with Gasteiger partial charge in [0.25, 0.3) is 17.4 Å². The molecule has 1 aliphatic heterocycles. The van der Waals surface area contributed by atoms with Gasteiger partial charge in [-0.05, 0) is 42.0 Å². The van der Waals surface area contributed by atoms with Gasteiger partial charge in [-0.3, -0.25) is 24.6 Å². The third kappa shape index (κ3) is 3.55. The van der Waals surface area contributed by atoms with E-state index in [1.54, 1.807) is 30.3 Å². The summed E-state index contributed by atoms with van der Waals surface area (Å²) >= 11 is 0. The summed E-state index contributed by atoms with van der Waals surface area (Å²) in [5.74, 6) is -2.69. The molecule has 0 spiro atoms. The normalized spacial score (nSPS) is 17.7. The Morgan fingerprint density at radius 1 is 0.935 bits per heavy atom. The zero-order valence-electron chi connectivity index (χ0n) is 15.9. The van der Waals surface area contributed by atoms with E-state index in [0.29, 0.717) is 11.1 Å². The van der Waals surface area contributed by atoms with Crippen LogP contribution < -0.4 is 4.90 Å². The van der Waals surface area contributed by atoms with Crippen molar-refractivity contribution >= 4 is 28.8 Å². The molecule has 1 saturated heterocycles. The van der Waals surface area contributed by atoms with Gasteiger partial charge in [-0.2, -0.15) is 0 Å². The Morgan fingerprint density at radius 3 is 2.13 bits per heavy atom. The van der Waals surface area contributed by atoms with Crippen LogP contribution in [0.25, 0.3) is 5.76 Å². The highest BCUT2D eigenvalue weighted by atomic mass is 19.1. The second-order valence-electron chi connectivity index (χ2n) is 6.86. The molecule has 0 saturated carbocycles. The van der Waals surface area contributed by atoms with Crippen molar-refractivity contribution in [2.24, 2.45) is 0 Å². The van der Waals surface area contributed by atoms with E-state index < -0.39 is 28.5 Å². The molecule has 1 heterocycles. The number of Topliss-reactive ketones (excluding diaryl/α,β-unsaturated/α-hetero) is 1. The average Bonchev–Trinajstić information content (AvgIpc) is 3.05. The summed E-state index contributed by atoms with van der Waals surface area (Å²) in [4.78, 5) is 37.5. The molecule has 0 radical (unpaired) electrons. The van der Waals surface area contributed by atoms with Gasteiger partial charge in [0.1, 0.15) is 11.6 Å². The zero-order valence-corrected chi connectivity index (χ0v) is 15.9. The number of anilines is 1. The first-order chi connectivity index (χ1) is 14.9. The van der Waals surface area contributed by atoms with Crippen molar-refractivity contribution in [3.05, 3.63) is 111 Å². The topological polar surface area (TPSA) is 101 Å². The molecular weight excluding hydrogens is 403 g/mol. The molecule has 154 valence electrons. The van der Waals surface area contributed by atoms with E-state index in [0.717, 1.165) is 17.0 Å². The summed E-state index contributed by atoms with van der Waals surface area (Å²) in [6.45, 7) is 0. The zero-order chi connectivity index (χ0) is 22.1. The van der Waals surface area contributed by atoms with E-state index in [9.17, 15) is 29.2 Å². The number of hydrogen-bond acceptors (Lipinski definition) is 5. The summed E-state index contributed by atoms with van der Waals surface area (Å²) in [7, 11) is 0. The SMILES string of the molecule is O=C1C(=O)N(c2ccc(F)cc2)C(c2ccc([N+](=O)[O-])cc2)/C1=C(/O)c1ccccc1. The molecular formula is C23H15FN2O5. The minimum absolute atomic E-state index is 0.158. The molecule has 0 bridgehead atoms. The van der Waals surface area contributed by atoms with E-state index in [-0.39, 0.29) is 22.7 Å². The summed E-state index contributed by atoms with van der Waals surface area (Å²) in [5, 5.41) is 21.9. The van der Waals surface area contributed by atoms with Crippen LogP contribution >= 0.6 is 0 Å². The van der Waals surface area contributed by atoms with Crippen molar-refractivity contribution in [1.29, 1.82) is 0 Å². The van der Waals surface area contributed by atoms with Gasteiger partial charge >= 0.3 is 0 Å². The maximum Gasteiger partial charge on any atom is 0.300 e. The largest absolute Gasteiger partial charge is 0.507 e. The van der Waals surface area contributed by atoms with Crippen molar-refractivity contribution < 1.29 is 24.0 Å². The fourth-order valence-electron chi connectivity index (χ4n) is 3.55. The highest BCUT2D eigenvalue weighted by Gasteiger charge is 2.47. The Labute approximate surface area is 175 Å². The third-order valence-electron chi connectivity index (χ3n) is 5.02. The van der Waals surface area contributed by atoms with Gasteiger partial charge in [0.2, 0.25) is 0 Å². The summed E-state index contributed by atoms with van der Waals surface area (Å²) < 4.78 is 13.4. The predicted octanol–water partition coefficient (Wildman–Crippen LogP) is 4.36. The molecule has 1 aliphatic rings. The van der Waals surface area contributed by atoms with Gasteiger partial charge in [-0.1, -0.05) is 30.3 Å². The first kappa shape index (κ1) is 20.0. The Balaban J connectivity index is 1.93. The smallest absolute Gasteiger partial charge is 0.300 e. The minimum Gasteiger partial charge on any atom is -0.507 e. The van der Waals surface area contributed by atoms with Crippen LogP contribution in [0.1, 0.15) is 17.2 Å². The Kier molecular flexibility index (Phi) is 5.04. The molecule has 3 aromatic carbocycles. The molecule has 1 atom stereocenters. The number of ketones is 1. The molecule has 1 amide bonds. The number of non-ortho nitro benzene ring substituents is 1. The van der Waals surface area contributed by atoms with Gasteiger partial charge in [-0.25, -0.2) is 4.39 Å². The van der Waals surface area contributed by atoms with Crippen molar-refractivity contribution in [2.45, 2.75) is 6.04 Å². The highest BCUT2D eigenvalue weighted by Crippen LogP contribution is 2.42. The number of carbonyl (C=O) groups is 2. The van der Waals surface area contributed by atoms with Crippen molar-refractivity contribution in [1.82, 2.24) is 0 Å². The Bertz CT molecular complexity index is 1200. The summed E-state index contributed by atoms with van der Waals surface area (Å²) in [5.41, 5.74) is 0.650. The lowest BCUT2D eigenvalue weighted by molar-refractivity contribution is -0.384. The molecule has 1 N–H and O–H groups in total. The number of hydrogen-bond donors (Lipinski definition) is 1. The lowest BCUT2D eigenvalue weighted by Crippen LogP contribution is -2.29. The van der Waals surface area contributed by atoms with Crippen LogP contribution in [-0.2, 0) is 9.59 Å². The van der Waals surface area contributed by atoms with Gasteiger partial charge in [0, 0.05) is 23.4 Å².